The number of hydrogen-bond donors (Lipinski definition) is 3. The molecule has 0 spiro atoms. The second kappa shape index (κ2) is 12.7. The minimum absolute atomic E-state index is 0.173. The fourth-order valence-corrected chi connectivity index (χ4v) is 3.32. The Balaban J connectivity index is 1.50. The van der Waals surface area contributed by atoms with Crippen molar-refractivity contribution < 1.29 is 23.9 Å². The highest BCUT2D eigenvalue weighted by molar-refractivity contribution is 6.39. The Morgan fingerprint density at radius 3 is 2.36 bits per heavy atom. The first-order valence-corrected chi connectivity index (χ1v) is 11.3. The summed E-state index contributed by atoms with van der Waals surface area (Å²) >= 11 is 0. The SMILES string of the molecule is CCOc1ccccc1NC(=O)C(=O)N/N=C\c1cccc(OCC(=O)Nc2cc(C)cc(C)c2)c1. The zero-order valence-electron chi connectivity index (χ0n) is 20.3. The largest absolute Gasteiger partial charge is 0.492 e. The molecule has 0 fully saturated rings. The number of carbonyl (C=O) groups is 3. The topological polar surface area (TPSA) is 118 Å². The van der Waals surface area contributed by atoms with Crippen molar-refractivity contribution in [2.24, 2.45) is 5.10 Å². The first-order valence-electron chi connectivity index (χ1n) is 11.3. The Labute approximate surface area is 209 Å². The van der Waals surface area contributed by atoms with Gasteiger partial charge in [0.05, 0.1) is 18.5 Å². The molecular weight excluding hydrogens is 460 g/mol. The summed E-state index contributed by atoms with van der Waals surface area (Å²) in [5.74, 6) is -1.20. The molecule has 0 aromatic heterocycles. The lowest BCUT2D eigenvalue weighted by Crippen LogP contribution is -2.32. The van der Waals surface area contributed by atoms with E-state index in [4.69, 9.17) is 9.47 Å². The van der Waals surface area contributed by atoms with Crippen LogP contribution in [0.2, 0.25) is 0 Å². The lowest BCUT2D eigenvalue weighted by atomic mass is 10.1. The normalized spacial score (nSPS) is 10.5. The molecule has 0 heterocycles. The molecule has 0 saturated heterocycles. The van der Waals surface area contributed by atoms with Crippen LogP contribution in [0.4, 0.5) is 11.4 Å². The molecule has 0 aliphatic heterocycles. The Kier molecular flexibility index (Phi) is 9.16. The number of aryl methyl sites for hydroxylation is 2. The standard InChI is InChI=1S/C27H28N4O5/c1-4-35-24-11-6-5-10-23(24)30-26(33)27(34)31-28-16-20-8-7-9-22(15-20)36-17-25(32)29-21-13-18(2)12-19(3)14-21/h5-16H,4,17H2,1-3H3,(H,29,32)(H,30,33)(H,31,34)/b28-16-. The molecule has 3 amide bonds. The number of anilines is 2. The Hall–Kier alpha value is -4.66. The highest BCUT2D eigenvalue weighted by atomic mass is 16.5. The summed E-state index contributed by atoms with van der Waals surface area (Å²) in [6.07, 6.45) is 1.36. The smallest absolute Gasteiger partial charge is 0.329 e. The number of nitrogens with one attached hydrogen (secondary N) is 3. The van der Waals surface area contributed by atoms with Gasteiger partial charge in [0.2, 0.25) is 0 Å². The maximum atomic E-state index is 12.2. The van der Waals surface area contributed by atoms with Gasteiger partial charge in [-0.1, -0.05) is 30.3 Å². The number of nitrogens with zero attached hydrogens (tertiary/aromatic N) is 1. The van der Waals surface area contributed by atoms with Crippen molar-refractivity contribution >= 4 is 35.3 Å². The molecule has 0 bridgehead atoms. The number of benzene rings is 3. The van der Waals surface area contributed by atoms with Gasteiger partial charge in [-0.05, 0) is 73.9 Å². The van der Waals surface area contributed by atoms with Crippen molar-refractivity contribution in [1.82, 2.24) is 5.43 Å². The molecule has 3 aromatic rings. The molecule has 3 rings (SSSR count). The van der Waals surface area contributed by atoms with E-state index in [1.807, 2.05) is 39.0 Å². The molecule has 3 N–H and O–H groups in total. The van der Waals surface area contributed by atoms with E-state index in [-0.39, 0.29) is 12.5 Å². The van der Waals surface area contributed by atoms with Crippen molar-refractivity contribution in [2.45, 2.75) is 20.8 Å². The maximum absolute atomic E-state index is 12.2. The monoisotopic (exact) mass is 488 g/mol. The van der Waals surface area contributed by atoms with E-state index >= 15 is 0 Å². The number of amides is 3. The zero-order valence-corrected chi connectivity index (χ0v) is 20.3. The van der Waals surface area contributed by atoms with Crippen LogP contribution in [-0.4, -0.2) is 37.1 Å². The summed E-state index contributed by atoms with van der Waals surface area (Å²) in [4.78, 5) is 36.5. The summed E-state index contributed by atoms with van der Waals surface area (Å²) < 4.78 is 11.0. The van der Waals surface area contributed by atoms with E-state index in [1.165, 1.54) is 6.21 Å². The highest BCUT2D eigenvalue weighted by Crippen LogP contribution is 2.23. The maximum Gasteiger partial charge on any atom is 0.329 e. The number of ether oxygens (including phenoxy) is 2. The van der Waals surface area contributed by atoms with E-state index in [0.717, 1.165) is 11.1 Å². The molecule has 0 atom stereocenters. The number of hydrazone groups is 1. The van der Waals surface area contributed by atoms with Gasteiger partial charge < -0.3 is 20.1 Å². The second-order valence-corrected chi connectivity index (χ2v) is 7.87. The Morgan fingerprint density at radius 2 is 1.61 bits per heavy atom. The number of carbonyl (C=O) groups excluding carboxylic acids is 3. The van der Waals surface area contributed by atoms with Gasteiger partial charge in [0.15, 0.2) is 6.61 Å². The van der Waals surface area contributed by atoms with Crippen LogP contribution < -0.4 is 25.5 Å². The summed E-state index contributed by atoms with van der Waals surface area (Å²) in [6, 6.07) is 19.4. The molecule has 0 aliphatic rings. The summed E-state index contributed by atoms with van der Waals surface area (Å²) in [6.45, 7) is 5.99. The van der Waals surface area contributed by atoms with E-state index in [2.05, 4.69) is 21.2 Å². The zero-order chi connectivity index (χ0) is 25.9. The van der Waals surface area contributed by atoms with Crippen LogP contribution in [-0.2, 0) is 14.4 Å². The fraction of sp³-hybridized carbons (Fsp3) is 0.185. The van der Waals surface area contributed by atoms with E-state index in [0.29, 0.717) is 35.0 Å². The number of rotatable bonds is 9. The predicted octanol–water partition coefficient (Wildman–Crippen LogP) is 3.81. The molecule has 186 valence electrons. The molecule has 0 saturated carbocycles. The van der Waals surface area contributed by atoms with Crippen LogP contribution in [0.1, 0.15) is 23.6 Å². The fourth-order valence-electron chi connectivity index (χ4n) is 3.32. The third-order valence-electron chi connectivity index (χ3n) is 4.75. The minimum Gasteiger partial charge on any atom is -0.492 e. The van der Waals surface area contributed by atoms with Crippen molar-refractivity contribution in [2.75, 3.05) is 23.8 Å². The van der Waals surface area contributed by atoms with Gasteiger partial charge in [-0.3, -0.25) is 14.4 Å². The number of hydrogen-bond acceptors (Lipinski definition) is 6. The van der Waals surface area contributed by atoms with Gasteiger partial charge in [0.25, 0.3) is 5.91 Å². The molecule has 0 aliphatic carbocycles. The first kappa shape index (κ1) is 26.0. The van der Waals surface area contributed by atoms with Gasteiger partial charge in [0, 0.05) is 5.69 Å². The Bertz CT molecular complexity index is 1250. The third-order valence-corrected chi connectivity index (χ3v) is 4.75. The predicted molar refractivity (Wildman–Crippen MR) is 138 cm³/mol. The molecule has 3 aromatic carbocycles. The first-order chi connectivity index (χ1) is 17.3. The Morgan fingerprint density at radius 1 is 0.861 bits per heavy atom. The highest BCUT2D eigenvalue weighted by Gasteiger charge is 2.15. The van der Waals surface area contributed by atoms with Gasteiger partial charge in [-0.2, -0.15) is 5.10 Å². The lowest BCUT2D eigenvalue weighted by Gasteiger charge is -2.10. The van der Waals surface area contributed by atoms with Crippen molar-refractivity contribution in [3.8, 4) is 11.5 Å². The van der Waals surface area contributed by atoms with Crippen LogP contribution in [0, 0.1) is 13.8 Å². The van der Waals surface area contributed by atoms with E-state index in [9.17, 15) is 14.4 Å². The van der Waals surface area contributed by atoms with Crippen LogP contribution in [0.15, 0.2) is 71.8 Å². The molecule has 0 unspecified atom stereocenters. The van der Waals surface area contributed by atoms with E-state index < -0.39 is 11.8 Å². The van der Waals surface area contributed by atoms with Crippen LogP contribution in [0.3, 0.4) is 0 Å². The van der Waals surface area contributed by atoms with Crippen molar-refractivity contribution in [3.63, 3.8) is 0 Å². The minimum atomic E-state index is -0.937. The van der Waals surface area contributed by atoms with Crippen molar-refractivity contribution in [1.29, 1.82) is 0 Å². The summed E-state index contributed by atoms with van der Waals surface area (Å²) in [5, 5.41) is 9.13. The van der Waals surface area contributed by atoms with Crippen molar-refractivity contribution in [3.05, 3.63) is 83.4 Å². The summed E-state index contributed by atoms with van der Waals surface area (Å²) in [7, 11) is 0. The summed E-state index contributed by atoms with van der Waals surface area (Å²) in [5.41, 5.74) is 5.99. The molecule has 36 heavy (non-hydrogen) atoms. The van der Waals surface area contributed by atoms with Gasteiger partial charge in [0.1, 0.15) is 11.5 Å². The van der Waals surface area contributed by atoms with Crippen LogP contribution in [0.5, 0.6) is 11.5 Å². The average molecular weight is 489 g/mol. The number of para-hydroxylation sites is 2. The molecule has 9 heteroatoms. The van der Waals surface area contributed by atoms with Gasteiger partial charge >= 0.3 is 11.8 Å². The quantitative estimate of drug-likeness (QED) is 0.241. The van der Waals surface area contributed by atoms with Gasteiger partial charge in [-0.25, -0.2) is 5.43 Å². The molecule has 9 nitrogen and oxygen atoms in total. The average Bonchev–Trinajstić information content (AvgIpc) is 2.83. The second-order valence-electron chi connectivity index (χ2n) is 7.87. The lowest BCUT2D eigenvalue weighted by molar-refractivity contribution is -0.136. The van der Waals surface area contributed by atoms with Crippen LogP contribution >= 0.6 is 0 Å². The van der Waals surface area contributed by atoms with Gasteiger partial charge in [-0.15, -0.1) is 0 Å². The molecule has 0 radical (unpaired) electrons. The van der Waals surface area contributed by atoms with Crippen LogP contribution in [0.25, 0.3) is 0 Å². The third kappa shape index (κ3) is 7.98. The van der Waals surface area contributed by atoms with E-state index in [1.54, 1.807) is 48.5 Å². The molecular formula is C27H28N4O5.